The average molecular weight is 213 g/mol. The maximum absolute atomic E-state index is 5.77. The molecule has 3 N–H and O–H groups in total. The Kier molecular flexibility index (Phi) is 3.73. The fourth-order valence-electron chi connectivity index (χ4n) is 1.06. The molecule has 1 aromatic carbocycles. The normalized spacial score (nSPS) is 11.5. The molecule has 0 atom stereocenters. The molecule has 5 heteroatoms. The first-order valence-corrected chi connectivity index (χ1v) is 4.51. The van der Waals surface area contributed by atoms with Crippen LogP contribution in [0, 0.1) is 0 Å². The van der Waals surface area contributed by atoms with Crippen molar-refractivity contribution in [1.82, 2.24) is 10.4 Å². The van der Waals surface area contributed by atoms with Gasteiger partial charge >= 0.3 is 0 Å². The molecule has 0 amide bonds. The summed E-state index contributed by atoms with van der Waals surface area (Å²) < 4.78 is 0. The van der Waals surface area contributed by atoms with Gasteiger partial charge in [0.15, 0.2) is 5.84 Å². The lowest BCUT2D eigenvalue weighted by atomic mass is 10.2. The van der Waals surface area contributed by atoms with Gasteiger partial charge in [-0.2, -0.15) is 5.10 Å². The van der Waals surface area contributed by atoms with Gasteiger partial charge in [0.2, 0.25) is 0 Å². The highest BCUT2D eigenvalue weighted by Gasteiger charge is 2.06. The van der Waals surface area contributed by atoms with Crippen molar-refractivity contribution in [1.29, 1.82) is 0 Å². The second kappa shape index (κ2) is 4.83. The molecule has 0 radical (unpaired) electrons. The summed E-state index contributed by atoms with van der Waals surface area (Å²) in [5.74, 6) is 5.95. The summed E-state index contributed by atoms with van der Waals surface area (Å²) in [5, 5.41) is 6.11. The van der Waals surface area contributed by atoms with Crippen molar-refractivity contribution in [2.75, 3.05) is 14.1 Å². The minimum absolute atomic E-state index is 0.657. The first-order chi connectivity index (χ1) is 6.69. The number of hydrazine groups is 1. The summed E-state index contributed by atoms with van der Waals surface area (Å²) in [6.07, 6.45) is 0. The Balaban J connectivity index is 2.96. The van der Waals surface area contributed by atoms with Crippen LogP contribution in [-0.4, -0.2) is 24.9 Å². The average Bonchev–Trinajstić information content (AvgIpc) is 2.21. The number of hydrogen-bond donors (Lipinski definition) is 2. The zero-order valence-electron chi connectivity index (χ0n) is 8.16. The quantitative estimate of drug-likeness (QED) is 0.333. The topological polar surface area (TPSA) is 53.6 Å². The number of benzene rings is 1. The van der Waals surface area contributed by atoms with Crippen molar-refractivity contribution in [2.45, 2.75) is 0 Å². The third-order valence-corrected chi connectivity index (χ3v) is 2.13. The van der Waals surface area contributed by atoms with Gasteiger partial charge in [0.1, 0.15) is 0 Å². The fourth-order valence-corrected chi connectivity index (χ4v) is 1.19. The number of nitrogens with one attached hydrogen (secondary N) is 1. The Bertz CT molecular complexity index is 320. The van der Waals surface area contributed by atoms with E-state index in [1.807, 2.05) is 19.2 Å². The van der Waals surface area contributed by atoms with Crippen LogP contribution in [0.15, 0.2) is 29.4 Å². The van der Waals surface area contributed by atoms with Crippen molar-refractivity contribution in [3.8, 4) is 0 Å². The predicted molar refractivity (Wildman–Crippen MR) is 59.0 cm³/mol. The van der Waals surface area contributed by atoms with Gasteiger partial charge in [-0.3, -0.25) is 5.01 Å². The van der Waals surface area contributed by atoms with Gasteiger partial charge in [0.25, 0.3) is 0 Å². The summed E-state index contributed by atoms with van der Waals surface area (Å²) in [6, 6.07) is 7.32. The predicted octanol–water partition coefficient (Wildman–Crippen LogP) is 1.03. The molecule has 0 bridgehead atoms. The van der Waals surface area contributed by atoms with Crippen LogP contribution >= 0.6 is 11.6 Å². The maximum atomic E-state index is 5.77. The third kappa shape index (κ3) is 2.37. The highest BCUT2D eigenvalue weighted by atomic mass is 35.5. The standard InChI is InChI=1S/C9H13ClN4/c1-12-14(2)9(13-11)7-3-5-8(10)6-4-7/h3-6,12H,11H2,1-2H3/b13-9+. The lowest BCUT2D eigenvalue weighted by Crippen LogP contribution is -2.38. The molecule has 1 aromatic rings. The van der Waals surface area contributed by atoms with Crippen LogP contribution in [0.1, 0.15) is 5.56 Å². The third-order valence-electron chi connectivity index (χ3n) is 1.88. The molecular weight excluding hydrogens is 200 g/mol. The van der Waals surface area contributed by atoms with Crippen LogP contribution in [0.4, 0.5) is 0 Å². The first kappa shape index (κ1) is 10.8. The molecule has 0 unspecified atom stereocenters. The summed E-state index contributed by atoms with van der Waals surface area (Å²) >= 11 is 5.77. The highest BCUT2D eigenvalue weighted by molar-refractivity contribution is 6.30. The number of hydrogen-bond acceptors (Lipinski definition) is 3. The SMILES string of the molecule is CNN(C)/C(=N/N)c1ccc(Cl)cc1. The van der Waals surface area contributed by atoms with Crippen molar-refractivity contribution < 1.29 is 0 Å². The van der Waals surface area contributed by atoms with E-state index in [0.29, 0.717) is 10.9 Å². The summed E-state index contributed by atoms with van der Waals surface area (Å²) in [7, 11) is 3.63. The summed E-state index contributed by atoms with van der Waals surface area (Å²) in [4.78, 5) is 0. The zero-order chi connectivity index (χ0) is 10.6. The van der Waals surface area contributed by atoms with Gasteiger partial charge in [-0.25, -0.2) is 5.43 Å². The molecule has 76 valence electrons. The molecule has 0 aliphatic heterocycles. The van der Waals surface area contributed by atoms with E-state index in [1.165, 1.54) is 0 Å². The Morgan fingerprint density at radius 1 is 1.43 bits per heavy atom. The molecule has 1 rings (SSSR count). The number of halogens is 1. The lowest BCUT2D eigenvalue weighted by molar-refractivity contribution is 0.409. The van der Waals surface area contributed by atoms with Crippen molar-refractivity contribution >= 4 is 17.4 Å². The number of nitrogens with two attached hydrogens (primary N) is 1. The molecule has 14 heavy (non-hydrogen) atoms. The zero-order valence-corrected chi connectivity index (χ0v) is 8.92. The second-order valence-electron chi connectivity index (χ2n) is 2.74. The molecule has 4 nitrogen and oxygen atoms in total. The molecule has 0 spiro atoms. The molecule has 0 saturated carbocycles. The highest BCUT2D eigenvalue weighted by Crippen LogP contribution is 2.10. The summed E-state index contributed by atoms with van der Waals surface area (Å²) in [5.41, 5.74) is 3.83. The second-order valence-corrected chi connectivity index (χ2v) is 3.18. The van der Waals surface area contributed by atoms with Gasteiger partial charge in [-0.1, -0.05) is 11.6 Å². The monoisotopic (exact) mass is 212 g/mol. The van der Waals surface area contributed by atoms with Crippen molar-refractivity contribution in [2.24, 2.45) is 10.9 Å². The Morgan fingerprint density at radius 2 is 2.00 bits per heavy atom. The van der Waals surface area contributed by atoms with E-state index < -0.39 is 0 Å². The van der Waals surface area contributed by atoms with Crippen LogP contribution in [0.2, 0.25) is 5.02 Å². The molecule has 0 aliphatic carbocycles. The Morgan fingerprint density at radius 3 is 2.43 bits per heavy atom. The van der Waals surface area contributed by atoms with Gasteiger partial charge in [-0.15, -0.1) is 0 Å². The number of nitrogens with zero attached hydrogens (tertiary/aromatic N) is 2. The van der Waals surface area contributed by atoms with Crippen LogP contribution < -0.4 is 11.3 Å². The largest absolute Gasteiger partial charge is 0.321 e. The molecule has 0 heterocycles. The number of hydrazone groups is 1. The van der Waals surface area contributed by atoms with Crippen LogP contribution in [-0.2, 0) is 0 Å². The maximum Gasteiger partial charge on any atom is 0.169 e. The first-order valence-electron chi connectivity index (χ1n) is 4.14. The van der Waals surface area contributed by atoms with Crippen LogP contribution in [0.5, 0.6) is 0 Å². The molecular formula is C9H13ClN4. The van der Waals surface area contributed by atoms with E-state index >= 15 is 0 Å². The molecule has 0 fully saturated rings. The molecule has 0 aliphatic rings. The van der Waals surface area contributed by atoms with Gasteiger partial charge < -0.3 is 5.84 Å². The van der Waals surface area contributed by atoms with Crippen LogP contribution in [0.25, 0.3) is 0 Å². The minimum atomic E-state index is 0.657. The number of amidine groups is 1. The minimum Gasteiger partial charge on any atom is -0.321 e. The van der Waals surface area contributed by atoms with Gasteiger partial charge in [-0.05, 0) is 24.3 Å². The van der Waals surface area contributed by atoms with Crippen molar-refractivity contribution in [3.05, 3.63) is 34.9 Å². The fraction of sp³-hybridized carbons (Fsp3) is 0.222. The van der Waals surface area contributed by atoms with Crippen LogP contribution in [0.3, 0.4) is 0 Å². The van der Waals surface area contributed by atoms with E-state index in [4.69, 9.17) is 17.4 Å². The Hall–Kier alpha value is -1.26. The lowest BCUT2D eigenvalue weighted by Gasteiger charge is -2.18. The summed E-state index contributed by atoms with van der Waals surface area (Å²) in [6.45, 7) is 0. The molecule has 0 saturated heterocycles. The van der Waals surface area contributed by atoms with Gasteiger partial charge in [0.05, 0.1) is 0 Å². The molecule has 0 aromatic heterocycles. The van der Waals surface area contributed by atoms with E-state index in [-0.39, 0.29) is 0 Å². The van der Waals surface area contributed by atoms with E-state index in [2.05, 4.69) is 10.5 Å². The van der Waals surface area contributed by atoms with E-state index in [0.717, 1.165) is 5.56 Å². The number of rotatable bonds is 2. The van der Waals surface area contributed by atoms with Gasteiger partial charge in [0, 0.05) is 24.7 Å². The smallest absolute Gasteiger partial charge is 0.169 e. The van der Waals surface area contributed by atoms with Crippen molar-refractivity contribution in [3.63, 3.8) is 0 Å². The Labute approximate surface area is 88.3 Å². The van der Waals surface area contributed by atoms with E-state index in [1.54, 1.807) is 24.2 Å². The van der Waals surface area contributed by atoms with E-state index in [9.17, 15) is 0 Å².